The molecule has 106 valence electrons. The molecule has 7 heteroatoms. The van der Waals surface area contributed by atoms with Crippen LogP contribution in [0.4, 0.5) is 0 Å². The van der Waals surface area contributed by atoms with Crippen molar-refractivity contribution in [2.24, 2.45) is 0 Å². The number of hydrogen-bond donors (Lipinski definition) is 1. The van der Waals surface area contributed by atoms with Crippen LogP contribution in [-0.2, 0) is 15.9 Å². The third-order valence-corrected chi connectivity index (χ3v) is 3.13. The van der Waals surface area contributed by atoms with Crippen molar-refractivity contribution >= 4 is 15.9 Å². The molecule has 1 aliphatic rings. The number of ether oxygens (including phenoxy) is 2. The molecule has 1 aromatic rings. The van der Waals surface area contributed by atoms with Crippen molar-refractivity contribution in [1.29, 1.82) is 0 Å². The summed E-state index contributed by atoms with van der Waals surface area (Å²) in [6, 6.07) is 9.95. The molecule has 0 bridgehead atoms. The Morgan fingerprint density at radius 3 is 2.32 bits per heavy atom. The number of hydrogen-bond acceptors (Lipinski definition) is 5. The first kappa shape index (κ1) is 16.0. The number of rotatable bonds is 3. The molecule has 0 unspecified atom stereocenters. The molecule has 1 N–H and O–H groups in total. The minimum atomic E-state index is -1.23. The fourth-order valence-corrected chi connectivity index (χ4v) is 1.70. The van der Waals surface area contributed by atoms with Gasteiger partial charge in [-0.1, -0.05) is 30.3 Å². The molecule has 0 aromatic heterocycles. The molecule has 6 nitrogen and oxygen atoms in total. The average molecular weight is 334 g/mol. The van der Waals surface area contributed by atoms with Crippen LogP contribution in [0.2, 0.25) is 0 Å². The number of nitro groups is 1. The Morgan fingerprint density at radius 2 is 1.89 bits per heavy atom. The van der Waals surface area contributed by atoms with Crippen LogP contribution in [0.3, 0.4) is 0 Å². The van der Waals surface area contributed by atoms with Crippen LogP contribution in [-0.4, -0.2) is 41.1 Å². The Morgan fingerprint density at radius 1 is 1.32 bits per heavy atom. The molecular weight excluding hydrogens is 318 g/mol. The first-order chi connectivity index (χ1) is 9.08. The molecule has 1 aromatic carbocycles. The smallest absolute Gasteiger partial charge is 0.320 e. The molecule has 1 fully saturated rings. The summed E-state index contributed by atoms with van der Waals surface area (Å²) in [7, 11) is 0. The van der Waals surface area contributed by atoms with E-state index in [0.717, 1.165) is 6.42 Å². The van der Waals surface area contributed by atoms with E-state index in [-0.39, 0.29) is 26.6 Å². The van der Waals surface area contributed by atoms with Crippen molar-refractivity contribution in [3.63, 3.8) is 0 Å². The SMILES string of the molecule is O=[N+]([O-])C1(Br)COCOC1.OCCc1ccccc1. The second kappa shape index (κ2) is 8.21. The van der Waals surface area contributed by atoms with Crippen LogP contribution in [0.1, 0.15) is 5.56 Å². The van der Waals surface area contributed by atoms with E-state index in [1.54, 1.807) is 0 Å². The van der Waals surface area contributed by atoms with Gasteiger partial charge in [0.25, 0.3) is 0 Å². The van der Waals surface area contributed by atoms with Crippen LogP contribution in [0.5, 0.6) is 0 Å². The van der Waals surface area contributed by atoms with Gasteiger partial charge in [-0.15, -0.1) is 0 Å². The fraction of sp³-hybridized carbons (Fsp3) is 0.500. The lowest BCUT2D eigenvalue weighted by molar-refractivity contribution is -0.552. The Kier molecular flexibility index (Phi) is 6.93. The van der Waals surface area contributed by atoms with Gasteiger partial charge in [-0.25, -0.2) is 0 Å². The van der Waals surface area contributed by atoms with Gasteiger partial charge in [-0.3, -0.25) is 10.1 Å². The van der Waals surface area contributed by atoms with Crippen molar-refractivity contribution < 1.29 is 19.5 Å². The maximum absolute atomic E-state index is 10.3. The summed E-state index contributed by atoms with van der Waals surface area (Å²) in [5, 5.41) is 18.8. The molecule has 1 heterocycles. The van der Waals surface area contributed by atoms with E-state index in [1.807, 2.05) is 30.3 Å². The quantitative estimate of drug-likeness (QED) is 0.393. The van der Waals surface area contributed by atoms with Gasteiger partial charge in [0.2, 0.25) is 0 Å². The summed E-state index contributed by atoms with van der Waals surface area (Å²) in [5.74, 6) is 0. The number of alkyl halides is 1. The summed E-state index contributed by atoms with van der Waals surface area (Å²) in [5.41, 5.74) is 1.19. The highest BCUT2D eigenvalue weighted by Gasteiger charge is 2.43. The zero-order chi connectivity index (χ0) is 14.1. The van der Waals surface area contributed by atoms with E-state index in [2.05, 4.69) is 15.9 Å². The van der Waals surface area contributed by atoms with Gasteiger partial charge in [-0.2, -0.15) is 0 Å². The molecule has 2 rings (SSSR count). The van der Waals surface area contributed by atoms with Gasteiger partial charge >= 0.3 is 4.45 Å². The lowest BCUT2D eigenvalue weighted by Gasteiger charge is -2.23. The van der Waals surface area contributed by atoms with Crippen molar-refractivity contribution in [3.8, 4) is 0 Å². The van der Waals surface area contributed by atoms with Crippen LogP contribution < -0.4 is 0 Å². The minimum absolute atomic E-state index is 0.0556. The van der Waals surface area contributed by atoms with Gasteiger partial charge in [0.05, 0.1) is 0 Å². The summed E-state index contributed by atoms with van der Waals surface area (Å²) in [6.07, 6.45) is 0.765. The molecule has 1 aliphatic heterocycles. The van der Waals surface area contributed by atoms with E-state index in [1.165, 1.54) is 5.56 Å². The van der Waals surface area contributed by atoms with E-state index in [0.29, 0.717) is 0 Å². The van der Waals surface area contributed by atoms with Crippen LogP contribution in [0.15, 0.2) is 30.3 Å². The lowest BCUT2D eigenvalue weighted by Crippen LogP contribution is -2.45. The first-order valence-corrected chi connectivity index (χ1v) is 6.51. The van der Waals surface area contributed by atoms with E-state index < -0.39 is 9.37 Å². The van der Waals surface area contributed by atoms with Gasteiger partial charge in [-0.05, 0) is 12.0 Å². The monoisotopic (exact) mass is 333 g/mol. The average Bonchev–Trinajstić information content (AvgIpc) is 2.42. The molecule has 19 heavy (non-hydrogen) atoms. The molecule has 0 atom stereocenters. The Hall–Kier alpha value is -1.02. The van der Waals surface area contributed by atoms with E-state index in [4.69, 9.17) is 14.6 Å². The first-order valence-electron chi connectivity index (χ1n) is 5.72. The largest absolute Gasteiger partial charge is 0.396 e. The van der Waals surface area contributed by atoms with Gasteiger partial charge in [0.1, 0.15) is 20.0 Å². The third kappa shape index (κ3) is 5.65. The predicted molar refractivity (Wildman–Crippen MR) is 72.7 cm³/mol. The number of aliphatic hydroxyl groups is 1. The number of halogens is 1. The van der Waals surface area contributed by atoms with Crippen molar-refractivity contribution in [2.45, 2.75) is 10.9 Å². The van der Waals surface area contributed by atoms with Crippen LogP contribution >= 0.6 is 15.9 Å². The Bertz CT molecular complexity index is 381. The summed E-state index contributed by atoms with van der Waals surface area (Å²) < 4.78 is 8.24. The van der Waals surface area contributed by atoms with Crippen LogP contribution in [0.25, 0.3) is 0 Å². The topological polar surface area (TPSA) is 81.8 Å². The summed E-state index contributed by atoms with van der Waals surface area (Å²) in [4.78, 5) is 9.82. The maximum atomic E-state index is 10.3. The zero-order valence-electron chi connectivity index (χ0n) is 10.3. The van der Waals surface area contributed by atoms with Gasteiger partial charge in [0, 0.05) is 27.5 Å². The fourth-order valence-electron chi connectivity index (χ4n) is 1.38. The highest BCUT2D eigenvalue weighted by Crippen LogP contribution is 2.22. The van der Waals surface area contributed by atoms with E-state index >= 15 is 0 Å². The Labute approximate surface area is 119 Å². The van der Waals surface area contributed by atoms with Gasteiger partial charge < -0.3 is 14.6 Å². The second-order valence-corrected chi connectivity index (χ2v) is 5.43. The third-order valence-electron chi connectivity index (χ3n) is 2.38. The number of benzene rings is 1. The van der Waals surface area contributed by atoms with E-state index in [9.17, 15) is 10.1 Å². The molecule has 0 saturated carbocycles. The predicted octanol–water partition coefficient (Wildman–Crippen LogP) is 1.58. The summed E-state index contributed by atoms with van der Waals surface area (Å²) >= 11 is 2.91. The molecule has 0 spiro atoms. The highest BCUT2D eigenvalue weighted by atomic mass is 79.9. The maximum Gasteiger partial charge on any atom is 0.320 e. The minimum Gasteiger partial charge on any atom is -0.396 e. The zero-order valence-corrected chi connectivity index (χ0v) is 11.9. The Balaban J connectivity index is 0.000000191. The number of aliphatic hydroxyl groups excluding tert-OH is 1. The molecular formula is C12H16BrNO5. The second-order valence-electron chi connectivity index (χ2n) is 3.95. The molecule has 0 aliphatic carbocycles. The molecule has 0 radical (unpaired) electrons. The number of nitrogens with zero attached hydrogens (tertiary/aromatic N) is 1. The van der Waals surface area contributed by atoms with Crippen molar-refractivity contribution in [3.05, 3.63) is 46.0 Å². The van der Waals surface area contributed by atoms with Crippen molar-refractivity contribution in [1.82, 2.24) is 0 Å². The van der Waals surface area contributed by atoms with Crippen LogP contribution in [0, 0.1) is 10.1 Å². The lowest BCUT2D eigenvalue weighted by atomic mass is 10.2. The molecule has 1 saturated heterocycles. The van der Waals surface area contributed by atoms with Crippen molar-refractivity contribution in [2.75, 3.05) is 26.6 Å². The highest BCUT2D eigenvalue weighted by molar-refractivity contribution is 9.10. The normalized spacial score (nSPS) is 17.2. The van der Waals surface area contributed by atoms with Gasteiger partial charge in [0.15, 0.2) is 0 Å². The standard InChI is InChI=1S/C8H10O.C4H6BrNO4/c9-7-6-8-4-2-1-3-5-8;5-4(6(7)8)1-9-3-10-2-4/h1-5,9H,6-7H2;1-3H2. The molecule has 0 amide bonds. The summed E-state index contributed by atoms with van der Waals surface area (Å²) in [6.45, 7) is 0.491.